The third-order valence-corrected chi connectivity index (χ3v) is 7.89. The first-order chi connectivity index (χ1) is 24.2. The van der Waals surface area contributed by atoms with Crippen LogP contribution in [0.5, 0.6) is 0 Å². The van der Waals surface area contributed by atoms with Crippen LogP contribution in [0, 0.1) is 0 Å². The Morgan fingerprint density at radius 2 is 0.630 bits per heavy atom. The molecule has 0 aromatic rings. The van der Waals surface area contributed by atoms with E-state index in [0.717, 1.165) is 5.09 Å². The third kappa shape index (κ3) is 12.9. The number of hydrogen-bond donors (Lipinski definition) is 1. The largest absolute Gasteiger partial charge is 0.478 e. The molecule has 1 rings (SSSR count). The number of alkyl halides is 24. The zero-order chi connectivity index (χ0) is 42.5. The number of ether oxygens (including phenoxy) is 4. The lowest BCUT2D eigenvalue weighted by Crippen LogP contribution is -2.42. The molecule has 0 atom stereocenters. The monoisotopic (exact) mass is 880 g/mol. The van der Waals surface area contributed by atoms with Gasteiger partial charge < -0.3 is 18.9 Å². The molecule has 0 aromatic carbocycles. The van der Waals surface area contributed by atoms with Gasteiger partial charge in [-0.05, 0) is 0 Å². The van der Waals surface area contributed by atoms with Crippen molar-refractivity contribution in [3.63, 3.8) is 0 Å². The molecule has 0 aliphatic carbocycles. The van der Waals surface area contributed by atoms with Gasteiger partial charge in [-0.2, -0.15) is 66.8 Å². The molecule has 7 nitrogen and oxygen atoms in total. The lowest BCUT2D eigenvalue weighted by Gasteiger charge is -2.34. The first kappa shape index (κ1) is 49.2. The number of rotatable bonds is 24. The maximum Gasteiger partial charge on any atom is 0.451 e. The molecular formula is C22H19F24NO6P+. The van der Waals surface area contributed by atoms with Crippen molar-refractivity contribution in [1.29, 1.82) is 0 Å². The third-order valence-electron chi connectivity index (χ3n) is 5.54. The Hall–Kier alpha value is -2.85. The lowest BCUT2D eigenvalue weighted by molar-refractivity contribution is -0.173. The Kier molecular flexibility index (Phi) is 16.3. The Labute approximate surface area is 284 Å². The van der Waals surface area contributed by atoms with Gasteiger partial charge in [0.1, 0.15) is 0 Å². The second kappa shape index (κ2) is 18.0. The Balaban J connectivity index is 4.45. The maximum atomic E-state index is 14.0. The van der Waals surface area contributed by atoms with E-state index in [9.17, 15) is 105 Å². The van der Waals surface area contributed by atoms with Crippen molar-refractivity contribution in [2.45, 2.75) is 74.1 Å². The van der Waals surface area contributed by atoms with Crippen LogP contribution in [0.1, 0.15) is 0 Å². The van der Waals surface area contributed by atoms with Gasteiger partial charge in [-0.25, -0.2) is 52.7 Å². The minimum Gasteiger partial charge on any atom is -0.478 e. The molecule has 320 valence electrons. The SMILES string of the molecule is FC(F)C(F)(F)COC1=C(OCC(F)(F)C(F)F)C(OCC(F)(F)C(F)F)=C(OCC(F)(F)C(F)F)[P+](OCC(F)(F)C(F)F)(OCC(F)(F)C(F)F)N1. The van der Waals surface area contributed by atoms with Crippen LogP contribution in [0.2, 0.25) is 0 Å². The van der Waals surface area contributed by atoms with Crippen LogP contribution in [0.15, 0.2) is 22.9 Å². The molecule has 1 heterocycles. The first-order valence-corrected chi connectivity index (χ1v) is 14.7. The van der Waals surface area contributed by atoms with Crippen molar-refractivity contribution >= 4 is 7.87 Å². The minimum atomic E-state index is -6.72. The van der Waals surface area contributed by atoms with Gasteiger partial charge in [0.05, 0.1) is 0 Å². The molecule has 54 heavy (non-hydrogen) atoms. The highest BCUT2D eigenvalue weighted by Crippen LogP contribution is 2.70. The molecule has 0 amide bonds. The molecule has 0 spiro atoms. The van der Waals surface area contributed by atoms with E-state index in [1.165, 1.54) is 0 Å². The van der Waals surface area contributed by atoms with E-state index in [-0.39, 0.29) is 0 Å². The number of nitrogens with one attached hydrogen (secondary N) is 1. The topological polar surface area (TPSA) is 67.4 Å². The van der Waals surface area contributed by atoms with Gasteiger partial charge in [-0.1, -0.05) is 0 Å². The molecule has 1 aliphatic rings. The Morgan fingerprint density at radius 3 is 0.944 bits per heavy atom. The summed E-state index contributed by atoms with van der Waals surface area (Å²) in [6, 6.07) is 0. The maximum absolute atomic E-state index is 14.0. The van der Waals surface area contributed by atoms with Crippen LogP contribution in [0.25, 0.3) is 0 Å². The first-order valence-electron chi connectivity index (χ1n) is 13.1. The van der Waals surface area contributed by atoms with Gasteiger partial charge in [-0.15, -0.1) is 0 Å². The molecule has 0 aromatic heterocycles. The van der Waals surface area contributed by atoms with Crippen molar-refractivity contribution in [3.8, 4) is 0 Å². The molecular weight excluding hydrogens is 861 g/mol. The zero-order valence-corrected chi connectivity index (χ0v) is 26.1. The molecule has 32 heteroatoms. The summed E-state index contributed by atoms with van der Waals surface area (Å²) in [6.45, 7) is -18.6. The van der Waals surface area contributed by atoms with Gasteiger partial charge in [0.25, 0.3) is 11.6 Å². The summed E-state index contributed by atoms with van der Waals surface area (Å²) >= 11 is 0. The molecule has 0 unspecified atom stereocenters. The molecule has 0 fully saturated rings. The van der Waals surface area contributed by atoms with E-state index < -0.39 is 144 Å². The highest BCUT2D eigenvalue weighted by Gasteiger charge is 2.65. The Morgan fingerprint density at radius 1 is 0.370 bits per heavy atom. The average molecular weight is 880 g/mol. The van der Waals surface area contributed by atoms with Crippen LogP contribution in [0.3, 0.4) is 0 Å². The van der Waals surface area contributed by atoms with Crippen molar-refractivity contribution in [1.82, 2.24) is 5.09 Å². The highest BCUT2D eigenvalue weighted by atomic mass is 31.2. The molecule has 0 bridgehead atoms. The molecule has 1 aliphatic heterocycles. The second-order valence-corrected chi connectivity index (χ2v) is 12.3. The predicted molar refractivity (Wildman–Crippen MR) is 126 cm³/mol. The van der Waals surface area contributed by atoms with Gasteiger partial charge in [0.15, 0.2) is 39.6 Å². The second-order valence-electron chi connectivity index (χ2n) is 10.0. The summed E-state index contributed by atoms with van der Waals surface area (Å²) < 4.78 is 346. The smallest absolute Gasteiger partial charge is 0.451 e. The summed E-state index contributed by atoms with van der Waals surface area (Å²) in [4.78, 5) is 0. The summed E-state index contributed by atoms with van der Waals surface area (Å²) in [6.07, 6.45) is -29.6. The minimum absolute atomic E-state index is 0.884. The van der Waals surface area contributed by atoms with Crippen LogP contribution < -0.4 is 5.09 Å². The molecule has 0 saturated carbocycles. The van der Waals surface area contributed by atoms with Gasteiger partial charge in [0.2, 0.25) is 5.76 Å². The standard InChI is InChI=1S/C22H19F24NO6P/c23-11(24)17(35,36)1-48-7-8(49-2-18(37,38)12(25)26)10(51-4-20(41,42)14(29)30)54(52-5-21(43,44)15(31)32,53-6-22(45,46)16(33)34)47-9(7)50-3-19(39,40)13(27)28/h11-16,47H,1-6H2/q+1. The van der Waals surface area contributed by atoms with Crippen LogP contribution in [-0.2, 0) is 28.0 Å². The Bertz CT molecular complexity index is 1260. The van der Waals surface area contributed by atoms with Crippen LogP contribution >= 0.6 is 7.87 Å². The number of halogens is 24. The van der Waals surface area contributed by atoms with Gasteiger partial charge in [0, 0.05) is 0 Å². The van der Waals surface area contributed by atoms with Crippen LogP contribution in [-0.4, -0.2) is 114 Å². The van der Waals surface area contributed by atoms with E-state index in [1.807, 2.05) is 0 Å². The normalized spacial score (nSPS) is 16.8. The fraction of sp³-hybridized carbons (Fsp3) is 0.818. The molecule has 1 N–H and O–H groups in total. The van der Waals surface area contributed by atoms with Crippen LogP contribution in [0.4, 0.5) is 105 Å². The van der Waals surface area contributed by atoms with Crippen molar-refractivity contribution in [2.24, 2.45) is 0 Å². The summed E-state index contributed by atoms with van der Waals surface area (Å²) in [7, 11) is -6.72. The van der Waals surface area contributed by atoms with E-state index in [0.29, 0.717) is 0 Å². The molecule has 0 radical (unpaired) electrons. The van der Waals surface area contributed by atoms with Crippen molar-refractivity contribution < 1.29 is 133 Å². The van der Waals surface area contributed by atoms with Crippen molar-refractivity contribution in [3.05, 3.63) is 22.9 Å². The lowest BCUT2D eigenvalue weighted by atomic mass is 10.3. The fourth-order valence-electron chi connectivity index (χ4n) is 2.70. The number of hydrogen-bond acceptors (Lipinski definition) is 7. The van der Waals surface area contributed by atoms with Gasteiger partial charge in [-0.3, -0.25) is 0 Å². The quantitative estimate of drug-likeness (QED) is 0.0767. The average Bonchev–Trinajstić information content (AvgIpc) is 3.02. The van der Waals surface area contributed by atoms with Crippen molar-refractivity contribution in [2.75, 3.05) is 39.6 Å². The zero-order valence-electron chi connectivity index (χ0n) is 25.2. The summed E-state index contributed by atoms with van der Waals surface area (Å²) in [5, 5.41) is 0.884. The van der Waals surface area contributed by atoms with Gasteiger partial charge >= 0.3 is 87.5 Å². The van der Waals surface area contributed by atoms with E-state index in [1.54, 1.807) is 0 Å². The highest BCUT2D eigenvalue weighted by molar-refractivity contribution is 7.68. The van der Waals surface area contributed by atoms with E-state index >= 15 is 0 Å². The van der Waals surface area contributed by atoms with E-state index in [2.05, 4.69) is 28.0 Å². The fourth-order valence-corrected chi connectivity index (χ4v) is 5.05. The summed E-state index contributed by atoms with van der Waals surface area (Å²) in [5.74, 6) is -41.8. The van der Waals surface area contributed by atoms with E-state index in [4.69, 9.17) is 0 Å². The molecule has 0 saturated heterocycles. The summed E-state index contributed by atoms with van der Waals surface area (Å²) in [5.41, 5.74) is -2.76. The predicted octanol–water partition coefficient (Wildman–Crippen LogP) is 9.19.